The lowest BCUT2D eigenvalue weighted by Crippen LogP contribution is -2.37. The first-order chi connectivity index (χ1) is 9.26. The van der Waals surface area contributed by atoms with Crippen molar-refractivity contribution in [3.63, 3.8) is 0 Å². The highest BCUT2D eigenvalue weighted by molar-refractivity contribution is 5.59. The van der Waals surface area contributed by atoms with Crippen LogP contribution in [-0.2, 0) is 6.42 Å². The van der Waals surface area contributed by atoms with Crippen LogP contribution in [0.2, 0.25) is 0 Å². The van der Waals surface area contributed by atoms with E-state index in [1.165, 1.54) is 49.2 Å². The van der Waals surface area contributed by atoms with Crippen LogP contribution in [0, 0.1) is 12.8 Å². The van der Waals surface area contributed by atoms with E-state index in [1.807, 2.05) is 0 Å². The van der Waals surface area contributed by atoms with Crippen molar-refractivity contribution in [1.82, 2.24) is 5.32 Å². The third kappa shape index (κ3) is 3.50. The minimum absolute atomic E-state index is 0.852. The first-order valence-corrected chi connectivity index (χ1v) is 7.74. The molecule has 0 saturated carbocycles. The summed E-state index contributed by atoms with van der Waals surface area (Å²) in [5.74, 6) is 0.852. The average Bonchev–Trinajstić information content (AvgIpc) is 2.45. The highest BCUT2D eigenvalue weighted by Gasteiger charge is 2.22. The summed E-state index contributed by atoms with van der Waals surface area (Å²) >= 11 is 0. The Bertz CT molecular complexity index is 400. The Morgan fingerprint density at radius 3 is 2.95 bits per heavy atom. The Labute approximate surface area is 118 Å². The molecule has 0 radical (unpaired) electrons. The summed E-state index contributed by atoms with van der Waals surface area (Å²) in [5, 5.41) is 3.29. The van der Waals surface area contributed by atoms with Crippen LogP contribution in [-0.4, -0.2) is 26.7 Å². The van der Waals surface area contributed by atoms with Gasteiger partial charge in [0.25, 0.3) is 0 Å². The highest BCUT2D eigenvalue weighted by atomic mass is 15.1. The average molecular weight is 260 g/mol. The zero-order valence-corrected chi connectivity index (χ0v) is 12.7. The molecule has 2 nitrogen and oxygen atoms in total. The van der Waals surface area contributed by atoms with Crippen LogP contribution < -0.4 is 10.2 Å². The summed E-state index contributed by atoms with van der Waals surface area (Å²) < 4.78 is 0. The fourth-order valence-corrected chi connectivity index (χ4v) is 3.31. The van der Waals surface area contributed by atoms with Gasteiger partial charge in [-0.15, -0.1) is 0 Å². The predicted octanol–water partition coefficient (Wildman–Crippen LogP) is 3.38. The Morgan fingerprint density at radius 1 is 1.37 bits per heavy atom. The van der Waals surface area contributed by atoms with Crippen molar-refractivity contribution in [2.24, 2.45) is 5.92 Å². The topological polar surface area (TPSA) is 15.3 Å². The van der Waals surface area contributed by atoms with Gasteiger partial charge in [0.1, 0.15) is 0 Å². The van der Waals surface area contributed by atoms with Crippen LogP contribution >= 0.6 is 0 Å². The van der Waals surface area contributed by atoms with Gasteiger partial charge in [-0.3, -0.25) is 0 Å². The second-order valence-electron chi connectivity index (χ2n) is 5.78. The van der Waals surface area contributed by atoms with Gasteiger partial charge in [-0.05, 0) is 63.2 Å². The van der Waals surface area contributed by atoms with Crippen molar-refractivity contribution >= 4 is 5.69 Å². The zero-order valence-electron chi connectivity index (χ0n) is 12.7. The molecule has 2 heteroatoms. The number of nitrogens with zero attached hydrogens (tertiary/aromatic N) is 1. The summed E-state index contributed by atoms with van der Waals surface area (Å²) in [4.78, 5) is 2.64. The maximum absolute atomic E-state index is 3.29. The Morgan fingerprint density at radius 2 is 2.21 bits per heavy atom. The van der Waals surface area contributed by atoms with E-state index in [4.69, 9.17) is 0 Å². The Hall–Kier alpha value is -1.02. The number of aryl methyl sites for hydroxylation is 2. The maximum atomic E-state index is 3.29. The molecule has 1 aliphatic rings. The fraction of sp³-hybridized carbons (Fsp3) is 0.647. The monoisotopic (exact) mass is 260 g/mol. The summed E-state index contributed by atoms with van der Waals surface area (Å²) in [5.41, 5.74) is 4.46. The Balaban J connectivity index is 2.12. The number of piperidine rings is 1. The molecule has 106 valence electrons. The van der Waals surface area contributed by atoms with Crippen molar-refractivity contribution in [2.75, 3.05) is 31.6 Å². The molecule has 19 heavy (non-hydrogen) atoms. The molecule has 1 atom stereocenters. The fourth-order valence-electron chi connectivity index (χ4n) is 3.31. The lowest BCUT2D eigenvalue weighted by molar-refractivity contribution is 0.387. The molecule has 1 unspecified atom stereocenters. The molecule has 1 saturated heterocycles. The lowest BCUT2D eigenvalue weighted by atomic mass is 9.93. The van der Waals surface area contributed by atoms with Crippen LogP contribution in [0.5, 0.6) is 0 Å². The van der Waals surface area contributed by atoms with E-state index in [-0.39, 0.29) is 0 Å². The van der Waals surface area contributed by atoms with Crippen LogP contribution in [0.15, 0.2) is 18.2 Å². The van der Waals surface area contributed by atoms with Gasteiger partial charge < -0.3 is 10.2 Å². The van der Waals surface area contributed by atoms with Crippen LogP contribution in [0.4, 0.5) is 5.69 Å². The lowest BCUT2D eigenvalue weighted by Gasteiger charge is -2.36. The minimum atomic E-state index is 0.852. The molecule has 0 bridgehead atoms. The number of hydrogen-bond acceptors (Lipinski definition) is 2. The smallest absolute Gasteiger partial charge is 0.0428 e. The molecule has 0 amide bonds. The molecule has 1 aromatic rings. The van der Waals surface area contributed by atoms with E-state index < -0.39 is 0 Å². The van der Waals surface area contributed by atoms with E-state index in [9.17, 15) is 0 Å². The molecule has 0 aliphatic carbocycles. The number of anilines is 1. The van der Waals surface area contributed by atoms with Gasteiger partial charge >= 0.3 is 0 Å². The summed E-state index contributed by atoms with van der Waals surface area (Å²) in [6.45, 7) is 8.13. The largest absolute Gasteiger partial charge is 0.371 e. The molecule has 1 aromatic carbocycles. The molecule has 1 N–H and O–H groups in total. The third-order valence-corrected chi connectivity index (χ3v) is 4.34. The van der Waals surface area contributed by atoms with Crippen molar-refractivity contribution in [2.45, 2.75) is 39.5 Å². The van der Waals surface area contributed by atoms with E-state index >= 15 is 0 Å². The minimum Gasteiger partial charge on any atom is -0.371 e. The van der Waals surface area contributed by atoms with Gasteiger partial charge in [0, 0.05) is 18.8 Å². The zero-order chi connectivity index (χ0) is 13.7. The van der Waals surface area contributed by atoms with Crippen molar-refractivity contribution in [1.29, 1.82) is 0 Å². The number of nitrogens with one attached hydrogen (secondary N) is 1. The van der Waals surface area contributed by atoms with E-state index in [0.29, 0.717) is 0 Å². The third-order valence-electron chi connectivity index (χ3n) is 4.34. The predicted molar refractivity (Wildman–Crippen MR) is 84.0 cm³/mol. The van der Waals surface area contributed by atoms with Gasteiger partial charge in [0.05, 0.1) is 0 Å². The number of hydrogen-bond donors (Lipinski definition) is 1. The molecule has 0 aromatic heterocycles. The number of para-hydroxylation sites is 1. The van der Waals surface area contributed by atoms with Gasteiger partial charge in [0.2, 0.25) is 0 Å². The maximum Gasteiger partial charge on any atom is 0.0428 e. The molecule has 1 fully saturated rings. The second kappa shape index (κ2) is 6.95. The Kier molecular flexibility index (Phi) is 5.26. The van der Waals surface area contributed by atoms with Crippen molar-refractivity contribution < 1.29 is 0 Å². The van der Waals surface area contributed by atoms with Crippen molar-refractivity contribution in [3.05, 3.63) is 29.3 Å². The van der Waals surface area contributed by atoms with Crippen LogP contribution in [0.1, 0.15) is 37.3 Å². The normalized spacial score (nSPS) is 19.7. The standard InChI is InChI=1S/C17H28N2/c1-4-16-9-5-7-14(2)17(16)19-12-6-8-15(13-19)10-11-18-3/h5,7,9,15,18H,4,6,8,10-13H2,1-3H3. The van der Waals surface area contributed by atoms with Gasteiger partial charge in [-0.1, -0.05) is 25.1 Å². The van der Waals surface area contributed by atoms with Crippen LogP contribution in [0.3, 0.4) is 0 Å². The van der Waals surface area contributed by atoms with E-state index in [2.05, 4.69) is 49.3 Å². The number of benzene rings is 1. The molecule has 0 spiro atoms. The highest BCUT2D eigenvalue weighted by Crippen LogP contribution is 2.30. The molecule has 2 rings (SSSR count). The summed E-state index contributed by atoms with van der Waals surface area (Å²) in [6, 6.07) is 6.74. The van der Waals surface area contributed by atoms with Gasteiger partial charge in [0.15, 0.2) is 0 Å². The van der Waals surface area contributed by atoms with Crippen LogP contribution in [0.25, 0.3) is 0 Å². The summed E-state index contributed by atoms with van der Waals surface area (Å²) in [6.07, 6.45) is 5.17. The number of rotatable bonds is 5. The van der Waals surface area contributed by atoms with E-state index in [0.717, 1.165) is 18.9 Å². The molecule has 1 heterocycles. The first-order valence-electron chi connectivity index (χ1n) is 7.74. The van der Waals surface area contributed by atoms with Gasteiger partial charge in [-0.25, -0.2) is 0 Å². The quantitative estimate of drug-likeness (QED) is 0.873. The van der Waals surface area contributed by atoms with E-state index in [1.54, 1.807) is 0 Å². The molecular weight excluding hydrogens is 232 g/mol. The van der Waals surface area contributed by atoms with Gasteiger partial charge in [-0.2, -0.15) is 0 Å². The second-order valence-corrected chi connectivity index (χ2v) is 5.78. The molecule has 1 aliphatic heterocycles. The SMILES string of the molecule is CCc1cccc(C)c1N1CCCC(CCNC)C1. The van der Waals surface area contributed by atoms with Crippen molar-refractivity contribution in [3.8, 4) is 0 Å². The molecular formula is C17H28N2. The summed E-state index contributed by atoms with van der Waals surface area (Å²) in [7, 11) is 2.05. The first kappa shape index (κ1) is 14.4.